The van der Waals surface area contributed by atoms with E-state index in [1.807, 2.05) is 13.8 Å². The largest absolute Gasteiger partial charge is 0.389 e. The highest BCUT2D eigenvalue weighted by Crippen LogP contribution is 2.25. The van der Waals surface area contributed by atoms with Gasteiger partial charge in [0.25, 0.3) is 5.56 Å². The van der Waals surface area contributed by atoms with Gasteiger partial charge in [-0.05, 0) is 32.0 Å². The number of nitrogens with zero attached hydrogens (tertiary/aromatic N) is 4. The summed E-state index contributed by atoms with van der Waals surface area (Å²) in [5, 5.41) is 0.660. The molecule has 29 heavy (non-hydrogen) atoms. The fraction of sp³-hybridized carbons (Fsp3) is 0.333. The van der Waals surface area contributed by atoms with Crippen LogP contribution in [0, 0.1) is 0 Å². The van der Waals surface area contributed by atoms with Crippen LogP contribution in [-0.2, 0) is 0 Å². The SMILES string of the molecule is CC(C)n1c(=O)c(-c2ccc(NSCCC(F)(F)F)nc2)cc2cnc(N)nc21. The zero-order chi connectivity index (χ0) is 21.2. The Morgan fingerprint density at radius 2 is 2.00 bits per heavy atom. The van der Waals surface area contributed by atoms with Gasteiger partial charge in [-0.3, -0.25) is 9.36 Å². The number of rotatable bonds is 6. The third kappa shape index (κ3) is 4.97. The molecule has 3 aromatic heterocycles. The molecule has 0 aliphatic carbocycles. The minimum absolute atomic E-state index is 0.0826. The van der Waals surface area contributed by atoms with Crippen molar-refractivity contribution in [3.05, 3.63) is 40.9 Å². The zero-order valence-electron chi connectivity index (χ0n) is 15.7. The number of anilines is 2. The molecule has 0 fully saturated rings. The number of nitrogen functional groups attached to an aromatic ring is 1. The average Bonchev–Trinajstić information content (AvgIpc) is 2.64. The highest BCUT2D eigenvalue weighted by Gasteiger charge is 2.26. The molecule has 0 saturated heterocycles. The van der Waals surface area contributed by atoms with Crippen LogP contribution in [0.25, 0.3) is 22.2 Å². The van der Waals surface area contributed by atoms with E-state index in [0.29, 0.717) is 28.0 Å². The number of hydrogen-bond donors (Lipinski definition) is 2. The first-order valence-electron chi connectivity index (χ1n) is 8.74. The Morgan fingerprint density at radius 1 is 1.24 bits per heavy atom. The first-order chi connectivity index (χ1) is 13.7. The van der Waals surface area contributed by atoms with Gasteiger partial charge in [0.1, 0.15) is 11.5 Å². The Labute approximate surface area is 168 Å². The highest BCUT2D eigenvalue weighted by atomic mass is 32.2. The van der Waals surface area contributed by atoms with E-state index in [1.165, 1.54) is 6.20 Å². The molecule has 0 unspecified atom stereocenters. The molecule has 3 aromatic rings. The second-order valence-corrected chi connectivity index (χ2v) is 7.48. The van der Waals surface area contributed by atoms with E-state index in [4.69, 9.17) is 5.73 Å². The maximum absolute atomic E-state index is 13.0. The Morgan fingerprint density at radius 3 is 2.62 bits per heavy atom. The predicted molar refractivity (Wildman–Crippen MR) is 109 cm³/mol. The third-order valence-electron chi connectivity index (χ3n) is 4.05. The number of aromatic nitrogens is 4. The number of alkyl halides is 3. The van der Waals surface area contributed by atoms with E-state index in [2.05, 4.69) is 19.7 Å². The summed E-state index contributed by atoms with van der Waals surface area (Å²) in [7, 11) is 0. The first kappa shape index (κ1) is 20.9. The summed E-state index contributed by atoms with van der Waals surface area (Å²) in [6, 6.07) is 4.82. The molecule has 0 bridgehead atoms. The van der Waals surface area contributed by atoms with E-state index in [9.17, 15) is 18.0 Å². The van der Waals surface area contributed by atoms with Crippen molar-refractivity contribution in [2.75, 3.05) is 16.2 Å². The number of hydrogen-bond acceptors (Lipinski definition) is 7. The summed E-state index contributed by atoms with van der Waals surface area (Å²) in [5.41, 5.74) is 6.87. The van der Waals surface area contributed by atoms with Gasteiger partial charge < -0.3 is 10.5 Å². The van der Waals surface area contributed by atoms with E-state index in [-0.39, 0.29) is 23.3 Å². The van der Waals surface area contributed by atoms with Crippen LogP contribution >= 0.6 is 11.9 Å². The molecule has 0 saturated carbocycles. The van der Waals surface area contributed by atoms with Gasteiger partial charge >= 0.3 is 6.18 Å². The molecule has 0 aliphatic heterocycles. The number of halogens is 3. The molecule has 3 rings (SSSR count). The topological polar surface area (TPSA) is 98.7 Å². The molecule has 3 heterocycles. The summed E-state index contributed by atoms with van der Waals surface area (Å²) in [4.78, 5) is 25.4. The van der Waals surface area contributed by atoms with Gasteiger partial charge in [0.2, 0.25) is 5.95 Å². The van der Waals surface area contributed by atoms with Crippen LogP contribution in [0.5, 0.6) is 0 Å². The quantitative estimate of drug-likeness (QED) is 0.455. The maximum atomic E-state index is 13.0. The molecule has 0 aliphatic rings. The Bertz CT molecular complexity index is 1070. The van der Waals surface area contributed by atoms with Gasteiger partial charge in [0, 0.05) is 40.7 Å². The standard InChI is InChI=1S/C18H19F3N6OS/c1-10(2)27-15-12(9-24-17(22)25-15)7-13(16(27)28)11-3-4-14(23-8-11)26-29-6-5-18(19,20)21/h3-4,7-10H,5-6H2,1-2H3,(H,23,26)(H2,22,24,25). The lowest BCUT2D eigenvalue weighted by Gasteiger charge is -2.15. The van der Waals surface area contributed by atoms with Crippen molar-refractivity contribution in [2.24, 2.45) is 0 Å². The second kappa shape index (κ2) is 8.27. The molecule has 0 atom stereocenters. The summed E-state index contributed by atoms with van der Waals surface area (Å²) in [5.74, 6) is 0.362. The third-order valence-corrected chi connectivity index (χ3v) is 4.81. The van der Waals surface area contributed by atoms with Crippen LogP contribution in [0.3, 0.4) is 0 Å². The Hall–Kier alpha value is -2.82. The molecule has 7 nitrogen and oxygen atoms in total. The highest BCUT2D eigenvalue weighted by molar-refractivity contribution is 8.00. The Balaban J connectivity index is 1.88. The fourth-order valence-corrected chi connectivity index (χ4v) is 3.43. The summed E-state index contributed by atoms with van der Waals surface area (Å²) >= 11 is 0.921. The lowest BCUT2D eigenvalue weighted by atomic mass is 10.1. The van der Waals surface area contributed by atoms with Crippen molar-refractivity contribution in [2.45, 2.75) is 32.5 Å². The number of nitrogens with one attached hydrogen (secondary N) is 1. The van der Waals surface area contributed by atoms with Crippen LogP contribution in [0.2, 0.25) is 0 Å². The molecule has 3 N–H and O–H groups in total. The summed E-state index contributed by atoms with van der Waals surface area (Å²) in [6.07, 6.45) is -2.02. The molecular weight excluding hydrogens is 405 g/mol. The van der Waals surface area contributed by atoms with Crippen molar-refractivity contribution in [3.8, 4) is 11.1 Å². The molecule has 0 spiro atoms. The molecule has 0 radical (unpaired) electrons. The normalized spacial score (nSPS) is 11.9. The van der Waals surface area contributed by atoms with Crippen LogP contribution in [0.4, 0.5) is 24.9 Å². The van der Waals surface area contributed by atoms with Gasteiger partial charge in [-0.15, -0.1) is 0 Å². The smallest absolute Gasteiger partial charge is 0.368 e. The molecule has 154 valence electrons. The summed E-state index contributed by atoms with van der Waals surface area (Å²) in [6.45, 7) is 3.73. The van der Waals surface area contributed by atoms with Crippen LogP contribution in [-0.4, -0.2) is 31.4 Å². The fourth-order valence-electron chi connectivity index (χ4n) is 2.72. The van der Waals surface area contributed by atoms with Gasteiger partial charge in [0.05, 0.1) is 6.42 Å². The maximum Gasteiger partial charge on any atom is 0.389 e. The molecule has 0 aromatic carbocycles. The minimum atomic E-state index is -4.19. The monoisotopic (exact) mass is 424 g/mol. The first-order valence-corrected chi connectivity index (χ1v) is 9.73. The lowest BCUT2D eigenvalue weighted by molar-refractivity contribution is -0.129. The van der Waals surface area contributed by atoms with Crippen molar-refractivity contribution >= 4 is 34.7 Å². The number of nitrogens with two attached hydrogens (primary N) is 1. The summed E-state index contributed by atoms with van der Waals surface area (Å²) < 4.78 is 40.8. The van der Waals surface area contributed by atoms with E-state index >= 15 is 0 Å². The average molecular weight is 424 g/mol. The van der Waals surface area contributed by atoms with Crippen LogP contribution < -0.4 is 16.0 Å². The Kier molecular flexibility index (Phi) is 5.96. The van der Waals surface area contributed by atoms with Crippen molar-refractivity contribution in [1.82, 2.24) is 19.5 Å². The molecule has 11 heteroatoms. The van der Waals surface area contributed by atoms with E-state index < -0.39 is 12.6 Å². The zero-order valence-corrected chi connectivity index (χ0v) is 16.5. The van der Waals surface area contributed by atoms with Crippen molar-refractivity contribution in [3.63, 3.8) is 0 Å². The number of fused-ring (bicyclic) bond motifs is 1. The lowest BCUT2D eigenvalue weighted by Crippen LogP contribution is -2.25. The van der Waals surface area contributed by atoms with Crippen LogP contribution in [0.15, 0.2) is 35.4 Å². The van der Waals surface area contributed by atoms with Crippen LogP contribution in [0.1, 0.15) is 26.3 Å². The van der Waals surface area contributed by atoms with Gasteiger partial charge in [-0.2, -0.15) is 18.2 Å². The van der Waals surface area contributed by atoms with Gasteiger partial charge in [-0.1, -0.05) is 11.9 Å². The van der Waals surface area contributed by atoms with E-state index in [0.717, 1.165) is 11.9 Å². The number of pyridine rings is 2. The van der Waals surface area contributed by atoms with E-state index in [1.54, 1.807) is 29.0 Å². The second-order valence-electron chi connectivity index (χ2n) is 6.58. The minimum Gasteiger partial charge on any atom is -0.368 e. The van der Waals surface area contributed by atoms with Gasteiger partial charge in [-0.25, -0.2) is 9.97 Å². The molecule has 0 amide bonds. The molecular formula is C18H19F3N6OS. The van der Waals surface area contributed by atoms with Crippen molar-refractivity contribution < 1.29 is 13.2 Å². The van der Waals surface area contributed by atoms with Crippen molar-refractivity contribution in [1.29, 1.82) is 0 Å². The predicted octanol–water partition coefficient (Wildman–Crippen LogP) is 4.03. The van der Waals surface area contributed by atoms with Gasteiger partial charge in [0.15, 0.2) is 0 Å².